The van der Waals surface area contributed by atoms with E-state index >= 15 is 0 Å². The Hall–Kier alpha value is -4.83. The third kappa shape index (κ3) is 5.87. The van der Waals surface area contributed by atoms with Crippen LogP contribution in [0.15, 0.2) is 68.9 Å². The molecule has 41 heavy (non-hydrogen) atoms. The number of nitriles is 1. The number of amides is 1. The molecule has 1 unspecified atom stereocenters. The van der Waals surface area contributed by atoms with E-state index in [-0.39, 0.29) is 39.7 Å². The van der Waals surface area contributed by atoms with Crippen molar-refractivity contribution in [2.24, 2.45) is 0 Å². The summed E-state index contributed by atoms with van der Waals surface area (Å²) in [6.45, 7) is 4.94. The summed E-state index contributed by atoms with van der Waals surface area (Å²) in [5.74, 6) is 2.93. The molecular weight excluding hydrogens is 559 g/mol. The second kappa shape index (κ2) is 11.0. The number of hydrogen-bond donors (Lipinski definition) is 2. The molecule has 0 radical (unpaired) electrons. The van der Waals surface area contributed by atoms with Crippen molar-refractivity contribution in [3.63, 3.8) is 0 Å². The predicted octanol–water partition coefficient (Wildman–Crippen LogP) is 4.43. The predicted molar refractivity (Wildman–Crippen MR) is 147 cm³/mol. The molecule has 0 bridgehead atoms. The van der Waals surface area contributed by atoms with Crippen LogP contribution < -0.4 is 15.5 Å². The van der Waals surface area contributed by atoms with Gasteiger partial charge in [-0.2, -0.15) is 18.4 Å². The number of rotatable bonds is 7. The Balaban J connectivity index is 1.76. The molecule has 0 aliphatic rings. The smallest absolute Gasteiger partial charge is 0.348 e. The SMILES string of the molecule is C=S(=O)(NC#N)c1ccc(CNC(=O)c2cn(-c3onc(C)c3C)c(C)c(-c3cccc(C(F)(F)F)c3)c2=O)cc1. The molecule has 4 aromatic rings. The Morgan fingerprint density at radius 3 is 2.44 bits per heavy atom. The summed E-state index contributed by atoms with van der Waals surface area (Å²) < 4.78 is 61.8. The van der Waals surface area contributed by atoms with Gasteiger partial charge in [0.25, 0.3) is 5.91 Å². The van der Waals surface area contributed by atoms with Gasteiger partial charge in [0.2, 0.25) is 11.3 Å². The lowest BCUT2D eigenvalue weighted by molar-refractivity contribution is -0.137. The minimum atomic E-state index is -4.64. The van der Waals surface area contributed by atoms with Crippen LogP contribution in [-0.2, 0) is 22.4 Å². The summed E-state index contributed by atoms with van der Waals surface area (Å²) >= 11 is 0. The van der Waals surface area contributed by atoms with E-state index in [1.165, 1.54) is 35.0 Å². The van der Waals surface area contributed by atoms with Crippen LogP contribution in [0.5, 0.6) is 0 Å². The number of aryl methyl sites for hydroxylation is 1. The van der Waals surface area contributed by atoms with Crippen LogP contribution in [-0.4, -0.2) is 25.7 Å². The minimum absolute atomic E-state index is 0.0158. The van der Waals surface area contributed by atoms with Crippen molar-refractivity contribution in [1.29, 1.82) is 5.26 Å². The molecule has 1 atom stereocenters. The Morgan fingerprint density at radius 1 is 1.17 bits per heavy atom. The average Bonchev–Trinajstić information content (AvgIpc) is 3.25. The van der Waals surface area contributed by atoms with Crippen LogP contribution in [0.2, 0.25) is 0 Å². The highest BCUT2D eigenvalue weighted by Crippen LogP contribution is 2.33. The van der Waals surface area contributed by atoms with Gasteiger partial charge in [0.15, 0.2) is 6.19 Å². The van der Waals surface area contributed by atoms with Gasteiger partial charge in [0.05, 0.1) is 25.9 Å². The molecule has 0 aliphatic heterocycles. The zero-order valence-corrected chi connectivity index (χ0v) is 22.9. The van der Waals surface area contributed by atoms with E-state index in [0.717, 1.165) is 12.1 Å². The van der Waals surface area contributed by atoms with E-state index in [2.05, 4.69) is 21.1 Å². The third-order valence-corrected chi connectivity index (χ3v) is 7.95. The number of carbonyl (C=O) groups excluding carboxylic acids is 1. The molecule has 0 saturated heterocycles. The van der Waals surface area contributed by atoms with Crippen molar-refractivity contribution in [2.75, 3.05) is 0 Å². The highest BCUT2D eigenvalue weighted by atomic mass is 32.2. The fourth-order valence-electron chi connectivity index (χ4n) is 4.13. The Bertz CT molecular complexity index is 1850. The number of benzene rings is 2. The van der Waals surface area contributed by atoms with Gasteiger partial charge >= 0.3 is 6.18 Å². The number of carbonyl (C=O) groups is 1. The van der Waals surface area contributed by atoms with Crippen LogP contribution in [0.25, 0.3) is 17.0 Å². The standard InChI is InChI=1S/C28H24F3N5O4S/c1-16-17(2)35-40-27(16)36-14-23(25(37)24(18(36)3)20-6-5-7-21(12-20)28(29,30)31)26(38)33-13-19-8-10-22(11-9-19)41(4,39)34-15-32/h5-12,14H,4,13H2,1-3H3,(H,33,38)(H,34,39). The Morgan fingerprint density at radius 2 is 1.85 bits per heavy atom. The monoisotopic (exact) mass is 583 g/mol. The first-order chi connectivity index (χ1) is 19.2. The molecule has 2 heterocycles. The van der Waals surface area contributed by atoms with Crippen LogP contribution in [0.3, 0.4) is 0 Å². The van der Waals surface area contributed by atoms with Crippen molar-refractivity contribution in [2.45, 2.75) is 38.4 Å². The fraction of sp³-hybridized carbons (Fsp3) is 0.179. The van der Waals surface area contributed by atoms with Crippen molar-refractivity contribution in [1.82, 2.24) is 19.8 Å². The summed E-state index contributed by atoms with van der Waals surface area (Å²) in [6, 6.07) is 10.4. The number of nitrogens with zero attached hydrogens (tertiary/aromatic N) is 3. The number of alkyl halides is 3. The molecule has 13 heteroatoms. The lowest BCUT2D eigenvalue weighted by atomic mass is 9.98. The highest BCUT2D eigenvalue weighted by molar-refractivity contribution is 7.98. The topological polar surface area (TPSA) is 130 Å². The normalized spacial score (nSPS) is 12.8. The summed E-state index contributed by atoms with van der Waals surface area (Å²) in [4.78, 5) is 27.2. The van der Waals surface area contributed by atoms with Crippen molar-refractivity contribution in [3.8, 4) is 23.2 Å². The van der Waals surface area contributed by atoms with Gasteiger partial charge in [-0.15, -0.1) is 0 Å². The number of aromatic nitrogens is 2. The Kier molecular flexibility index (Phi) is 7.81. The first-order valence-electron chi connectivity index (χ1n) is 12.0. The molecule has 9 nitrogen and oxygen atoms in total. The van der Waals surface area contributed by atoms with Crippen LogP contribution in [0.1, 0.15) is 38.4 Å². The molecule has 1 amide bonds. The first-order valence-corrected chi connectivity index (χ1v) is 13.7. The van der Waals surface area contributed by atoms with Gasteiger partial charge in [0, 0.05) is 29.6 Å². The van der Waals surface area contributed by atoms with Crippen molar-refractivity contribution < 1.29 is 26.7 Å². The van der Waals surface area contributed by atoms with E-state index < -0.39 is 32.8 Å². The second-order valence-corrected chi connectivity index (χ2v) is 11.2. The molecule has 2 N–H and O–H groups in total. The van der Waals surface area contributed by atoms with E-state index in [1.807, 2.05) is 0 Å². The summed E-state index contributed by atoms with van der Waals surface area (Å²) in [5.41, 5.74) is -0.136. The summed E-state index contributed by atoms with van der Waals surface area (Å²) in [6.07, 6.45) is -1.78. The maximum absolute atomic E-state index is 13.6. The molecule has 2 aromatic carbocycles. The van der Waals surface area contributed by atoms with Crippen LogP contribution in [0, 0.1) is 32.2 Å². The quantitative estimate of drug-likeness (QED) is 0.188. The number of pyridine rings is 1. The van der Waals surface area contributed by atoms with Gasteiger partial charge in [-0.3, -0.25) is 14.2 Å². The number of halogens is 3. The third-order valence-electron chi connectivity index (χ3n) is 6.50. The molecule has 4 rings (SSSR count). The van der Waals surface area contributed by atoms with Gasteiger partial charge in [0.1, 0.15) is 5.56 Å². The van der Waals surface area contributed by atoms with Crippen LogP contribution >= 0.6 is 0 Å². The zero-order valence-electron chi connectivity index (χ0n) is 22.1. The molecule has 2 aromatic heterocycles. The van der Waals surface area contributed by atoms with Gasteiger partial charge < -0.3 is 9.84 Å². The second-order valence-electron chi connectivity index (χ2n) is 9.19. The van der Waals surface area contributed by atoms with E-state index in [1.54, 1.807) is 39.1 Å². The molecule has 0 aliphatic carbocycles. The van der Waals surface area contributed by atoms with Gasteiger partial charge in [-0.1, -0.05) is 29.4 Å². The van der Waals surface area contributed by atoms with E-state index in [4.69, 9.17) is 9.78 Å². The van der Waals surface area contributed by atoms with Gasteiger partial charge in [-0.05, 0) is 62.0 Å². The lowest BCUT2D eigenvalue weighted by Gasteiger charge is -2.16. The maximum atomic E-state index is 13.6. The molecule has 0 spiro atoms. The average molecular weight is 584 g/mol. The first kappa shape index (κ1) is 29.2. The van der Waals surface area contributed by atoms with Crippen molar-refractivity contribution in [3.05, 3.63) is 98.6 Å². The minimum Gasteiger partial charge on any atom is -0.348 e. The number of hydrogen-bond acceptors (Lipinski definition) is 6. The van der Waals surface area contributed by atoms with E-state index in [9.17, 15) is 27.0 Å². The number of nitrogens with one attached hydrogen (secondary N) is 2. The molecule has 212 valence electrons. The van der Waals surface area contributed by atoms with Crippen LogP contribution in [0.4, 0.5) is 13.2 Å². The molecular formula is C28H24F3N5O4S. The summed E-state index contributed by atoms with van der Waals surface area (Å²) in [5, 5.41) is 15.3. The highest BCUT2D eigenvalue weighted by Gasteiger charge is 2.31. The van der Waals surface area contributed by atoms with E-state index in [0.29, 0.717) is 16.8 Å². The fourth-order valence-corrected chi connectivity index (χ4v) is 4.97. The largest absolute Gasteiger partial charge is 0.416 e. The molecule has 0 fully saturated rings. The van der Waals surface area contributed by atoms with Gasteiger partial charge in [-0.25, -0.2) is 8.93 Å². The zero-order chi connectivity index (χ0) is 30.1. The van der Waals surface area contributed by atoms with Crippen molar-refractivity contribution >= 4 is 21.5 Å². The Labute approximate surface area is 233 Å². The summed E-state index contributed by atoms with van der Waals surface area (Å²) in [7, 11) is -3.01. The lowest BCUT2D eigenvalue weighted by Crippen LogP contribution is -2.30. The molecule has 0 saturated carbocycles. The maximum Gasteiger partial charge on any atom is 0.416 e.